The predicted octanol–water partition coefficient (Wildman–Crippen LogP) is 3.70. The SMILES string of the molecule is FC(F)Oc1cc(C(F)(F)F)ccc1-c1nnc(S)n2cncc12. The van der Waals surface area contributed by atoms with Crippen molar-refractivity contribution >= 4 is 18.1 Å². The van der Waals surface area contributed by atoms with Gasteiger partial charge in [-0.05, 0) is 18.2 Å². The van der Waals surface area contributed by atoms with Gasteiger partial charge in [0.2, 0.25) is 0 Å². The molecule has 3 rings (SSSR count). The summed E-state index contributed by atoms with van der Waals surface area (Å²) in [4.78, 5) is 3.86. The average molecular weight is 362 g/mol. The number of imidazole rings is 1. The molecule has 0 N–H and O–H groups in total. The molecule has 0 aliphatic carbocycles. The fraction of sp³-hybridized carbons (Fsp3) is 0.154. The number of fused-ring (bicyclic) bond motifs is 1. The summed E-state index contributed by atoms with van der Waals surface area (Å²) in [5.41, 5.74) is -0.830. The van der Waals surface area contributed by atoms with Crippen molar-refractivity contribution < 1.29 is 26.7 Å². The highest BCUT2D eigenvalue weighted by molar-refractivity contribution is 7.80. The molecule has 0 spiro atoms. The van der Waals surface area contributed by atoms with E-state index in [2.05, 4.69) is 32.5 Å². The zero-order chi connectivity index (χ0) is 17.5. The maximum Gasteiger partial charge on any atom is 0.416 e. The largest absolute Gasteiger partial charge is 0.434 e. The van der Waals surface area contributed by atoms with E-state index in [1.165, 1.54) is 16.9 Å². The minimum absolute atomic E-state index is 0.0367. The van der Waals surface area contributed by atoms with Gasteiger partial charge in [0, 0.05) is 5.56 Å². The summed E-state index contributed by atoms with van der Waals surface area (Å²) in [6.45, 7) is -3.30. The van der Waals surface area contributed by atoms with Gasteiger partial charge in [-0.15, -0.1) is 22.8 Å². The maximum absolute atomic E-state index is 12.8. The molecule has 0 atom stereocenters. The molecule has 0 aliphatic heterocycles. The van der Waals surface area contributed by atoms with Crippen LogP contribution in [0, 0.1) is 0 Å². The summed E-state index contributed by atoms with van der Waals surface area (Å²) >= 11 is 4.06. The van der Waals surface area contributed by atoms with Gasteiger partial charge in [0.1, 0.15) is 17.8 Å². The van der Waals surface area contributed by atoms with Crippen LogP contribution in [0.1, 0.15) is 5.56 Å². The number of alkyl halides is 5. The van der Waals surface area contributed by atoms with E-state index in [4.69, 9.17) is 0 Å². The van der Waals surface area contributed by atoms with Gasteiger partial charge >= 0.3 is 12.8 Å². The fourth-order valence-corrected chi connectivity index (χ4v) is 2.31. The number of aromatic nitrogens is 4. The number of hydrogen-bond acceptors (Lipinski definition) is 5. The normalized spacial score (nSPS) is 12.1. The first-order chi connectivity index (χ1) is 11.3. The summed E-state index contributed by atoms with van der Waals surface area (Å²) in [6, 6.07) is 2.23. The van der Waals surface area contributed by atoms with Crippen molar-refractivity contribution in [2.24, 2.45) is 0 Å². The quantitative estimate of drug-likeness (QED) is 0.570. The van der Waals surface area contributed by atoms with Crippen molar-refractivity contribution in [3.63, 3.8) is 0 Å². The van der Waals surface area contributed by atoms with Gasteiger partial charge in [-0.25, -0.2) is 4.98 Å². The Bertz CT molecular complexity index is 896. The molecule has 0 amide bonds. The van der Waals surface area contributed by atoms with E-state index in [9.17, 15) is 22.0 Å². The summed E-state index contributed by atoms with van der Waals surface area (Å²) < 4.78 is 69.2. The zero-order valence-electron chi connectivity index (χ0n) is 11.5. The second-order valence-electron chi connectivity index (χ2n) is 4.58. The number of nitrogens with zero attached hydrogens (tertiary/aromatic N) is 4. The first kappa shape index (κ1) is 16.4. The Morgan fingerprint density at radius 1 is 1.17 bits per heavy atom. The fourth-order valence-electron chi connectivity index (χ4n) is 2.10. The number of thiol groups is 1. The van der Waals surface area contributed by atoms with Gasteiger partial charge in [0.25, 0.3) is 0 Å². The number of benzene rings is 1. The Hall–Kier alpha value is -2.43. The Labute approximate surface area is 136 Å². The summed E-state index contributed by atoms with van der Waals surface area (Å²) in [6.07, 6.45) is -1.99. The third-order valence-corrected chi connectivity index (χ3v) is 3.42. The van der Waals surface area contributed by atoms with Crippen LogP contribution in [0.4, 0.5) is 22.0 Å². The van der Waals surface area contributed by atoms with E-state index >= 15 is 0 Å². The van der Waals surface area contributed by atoms with Crippen molar-refractivity contribution in [2.45, 2.75) is 17.9 Å². The van der Waals surface area contributed by atoms with Gasteiger partial charge in [-0.2, -0.15) is 22.0 Å². The molecular formula is C13H7F5N4OS. The Balaban J connectivity index is 2.22. The standard InChI is InChI=1S/C13H7F5N4OS/c14-11(15)23-9-3-6(13(16,17)18)1-2-7(9)10-8-4-19-5-22(8)12(24)21-20-10/h1-5,11H,(H,21,24). The Morgan fingerprint density at radius 2 is 1.92 bits per heavy atom. The van der Waals surface area contributed by atoms with Crippen molar-refractivity contribution in [1.82, 2.24) is 19.6 Å². The second-order valence-corrected chi connectivity index (χ2v) is 4.98. The molecule has 0 fully saturated rings. The van der Waals surface area contributed by atoms with Gasteiger partial charge in [0.05, 0.1) is 17.3 Å². The van der Waals surface area contributed by atoms with Gasteiger partial charge in [-0.1, -0.05) is 0 Å². The molecule has 0 bridgehead atoms. The first-order valence-electron chi connectivity index (χ1n) is 6.31. The van der Waals surface area contributed by atoms with E-state index in [-0.39, 0.29) is 16.4 Å². The third-order valence-electron chi connectivity index (χ3n) is 3.12. The maximum atomic E-state index is 12.8. The van der Waals surface area contributed by atoms with Crippen LogP contribution in [0.2, 0.25) is 0 Å². The van der Waals surface area contributed by atoms with Crippen LogP contribution >= 0.6 is 12.6 Å². The summed E-state index contributed by atoms with van der Waals surface area (Å²) in [5.74, 6) is -0.663. The lowest BCUT2D eigenvalue weighted by Crippen LogP contribution is -2.09. The first-order valence-corrected chi connectivity index (χ1v) is 6.76. The minimum Gasteiger partial charge on any atom is -0.434 e. The topological polar surface area (TPSA) is 52.3 Å². The van der Waals surface area contributed by atoms with Gasteiger partial charge in [0.15, 0.2) is 5.16 Å². The second kappa shape index (κ2) is 5.89. The van der Waals surface area contributed by atoms with Crippen molar-refractivity contribution in [2.75, 3.05) is 0 Å². The summed E-state index contributed by atoms with van der Waals surface area (Å²) in [5, 5.41) is 7.71. The lowest BCUT2D eigenvalue weighted by molar-refractivity contribution is -0.138. The molecule has 0 radical (unpaired) electrons. The number of hydrogen-bond donors (Lipinski definition) is 1. The van der Waals surface area contributed by atoms with Crippen LogP contribution in [0.15, 0.2) is 35.9 Å². The molecule has 5 nitrogen and oxygen atoms in total. The van der Waals surface area contributed by atoms with Crippen LogP contribution in [-0.2, 0) is 6.18 Å². The molecule has 0 unspecified atom stereocenters. The summed E-state index contributed by atoms with van der Waals surface area (Å²) in [7, 11) is 0. The van der Waals surface area contributed by atoms with Crippen LogP contribution in [0.5, 0.6) is 5.75 Å². The minimum atomic E-state index is -4.70. The van der Waals surface area contributed by atoms with Crippen molar-refractivity contribution in [3.8, 4) is 17.0 Å². The molecule has 0 saturated heterocycles. The van der Waals surface area contributed by atoms with Crippen LogP contribution in [0.3, 0.4) is 0 Å². The molecule has 3 aromatic rings. The number of rotatable bonds is 3. The molecule has 126 valence electrons. The van der Waals surface area contributed by atoms with E-state index in [1.54, 1.807) is 0 Å². The molecular weight excluding hydrogens is 355 g/mol. The molecule has 2 aromatic heterocycles. The molecule has 24 heavy (non-hydrogen) atoms. The van der Waals surface area contributed by atoms with Gasteiger partial charge < -0.3 is 4.74 Å². The highest BCUT2D eigenvalue weighted by Gasteiger charge is 2.32. The van der Waals surface area contributed by atoms with Crippen molar-refractivity contribution in [1.29, 1.82) is 0 Å². The van der Waals surface area contributed by atoms with Crippen molar-refractivity contribution in [3.05, 3.63) is 36.3 Å². The van der Waals surface area contributed by atoms with Gasteiger partial charge in [-0.3, -0.25) is 4.40 Å². The zero-order valence-corrected chi connectivity index (χ0v) is 12.4. The average Bonchev–Trinajstić information content (AvgIpc) is 2.97. The lowest BCUT2D eigenvalue weighted by Gasteiger charge is -2.14. The van der Waals surface area contributed by atoms with E-state index < -0.39 is 24.1 Å². The number of ether oxygens (including phenoxy) is 1. The highest BCUT2D eigenvalue weighted by atomic mass is 32.1. The smallest absolute Gasteiger partial charge is 0.416 e. The molecule has 2 heterocycles. The molecule has 1 aromatic carbocycles. The molecule has 11 heteroatoms. The Kier molecular flexibility index (Phi) is 4.03. The molecule has 0 aliphatic rings. The Morgan fingerprint density at radius 3 is 2.58 bits per heavy atom. The molecule has 0 saturated carbocycles. The van der Waals surface area contributed by atoms with Crippen LogP contribution < -0.4 is 4.74 Å². The van der Waals surface area contributed by atoms with E-state index in [0.717, 1.165) is 12.1 Å². The third kappa shape index (κ3) is 2.98. The lowest BCUT2D eigenvalue weighted by atomic mass is 10.1. The predicted molar refractivity (Wildman–Crippen MR) is 75.1 cm³/mol. The number of halogens is 5. The highest BCUT2D eigenvalue weighted by Crippen LogP contribution is 2.38. The van der Waals surface area contributed by atoms with E-state index in [0.29, 0.717) is 11.6 Å². The van der Waals surface area contributed by atoms with Crippen LogP contribution in [0.25, 0.3) is 16.8 Å². The van der Waals surface area contributed by atoms with Crippen LogP contribution in [-0.4, -0.2) is 26.2 Å². The monoisotopic (exact) mass is 362 g/mol. The van der Waals surface area contributed by atoms with E-state index in [1.807, 2.05) is 0 Å².